The maximum atomic E-state index is 12.0. The van der Waals surface area contributed by atoms with Gasteiger partial charge in [0, 0.05) is 23.5 Å². The second kappa shape index (κ2) is 9.48. The average Bonchev–Trinajstić information content (AvgIpc) is 2.56. The number of alkyl carbamates (subject to hydrolysis) is 1. The van der Waals surface area contributed by atoms with Crippen molar-refractivity contribution in [3.05, 3.63) is 29.8 Å². The van der Waals surface area contributed by atoms with Crippen molar-refractivity contribution in [3.8, 4) is 0 Å². The first-order chi connectivity index (χ1) is 11.9. The highest BCUT2D eigenvalue weighted by Gasteiger charge is 2.23. The van der Waals surface area contributed by atoms with Crippen LogP contribution in [0.3, 0.4) is 0 Å². The highest BCUT2D eigenvalue weighted by molar-refractivity contribution is 7.99. The summed E-state index contributed by atoms with van der Waals surface area (Å²) in [5.74, 6) is 1.13. The molecule has 0 spiro atoms. The van der Waals surface area contributed by atoms with E-state index in [2.05, 4.69) is 41.8 Å². The van der Waals surface area contributed by atoms with Gasteiger partial charge in [0.2, 0.25) is 0 Å². The summed E-state index contributed by atoms with van der Waals surface area (Å²) in [6.45, 7) is 8.45. The molecule has 0 aromatic heterocycles. The lowest BCUT2D eigenvalue weighted by molar-refractivity contribution is 0.0520. The van der Waals surface area contributed by atoms with Crippen LogP contribution < -0.4 is 10.6 Å². The summed E-state index contributed by atoms with van der Waals surface area (Å²) in [7, 11) is 0. The van der Waals surface area contributed by atoms with Crippen LogP contribution in [-0.4, -0.2) is 30.0 Å². The second-order valence-electron chi connectivity index (χ2n) is 7.62. The minimum Gasteiger partial charge on any atom is -0.444 e. The van der Waals surface area contributed by atoms with E-state index in [1.165, 1.54) is 10.5 Å². The summed E-state index contributed by atoms with van der Waals surface area (Å²) in [5.41, 5.74) is 0.924. The number of amides is 1. The van der Waals surface area contributed by atoms with Crippen LogP contribution in [0.15, 0.2) is 29.2 Å². The zero-order valence-electron chi connectivity index (χ0n) is 15.9. The minimum atomic E-state index is -0.462. The summed E-state index contributed by atoms with van der Waals surface area (Å²) in [5, 5.41) is 6.71. The Kier molecular flexibility index (Phi) is 7.63. The topological polar surface area (TPSA) is 50.4 Å². The van der Waals surface area contributed by atoms with Crippen LogP contribution in [0.1, 0.15) is 65.0 Å². The number of nitrogens with one attached hydrogen (secondary N) is 2. The van der Waals surface area contributed by atoms with Gasteiger partial charge in [0.15, 0.2) is 0 Å². The number of fused-ring (bicyclic) bond motifs is 1. The molecule has 1 aliphatic heterocycles. The number of rotatable bonds is 7. The average molecular weight is 365 g/mol. The Labute approximate surface area is 156 Å². The lowest BCUT2D eigenvalue weighted by atomic mass is 10.0. The molecule has 0 bridgehead atoms. The van der Waals surface area contributed by atoms with Crippen molar-refractivity contribution in [1.82, 2.24) is 10.6 Å². The third-order valence-electron chi connectivity index (χ3n) is 4.19. The zero-order valence-corrected chi connectivity index (χ0v) is 16.7. The summed E-state index contributed by atoms with van der Waals surface area (Å²) < 4.78 is 5.36. The Morgan fingerprint density at radius 3 is 2.84 bits per heavy atom. The lowest BCUT2D eigenvalue weighted by Crippen LogP contribution is -2.44. The summed E-state index contributed by atoms with van der Waals surface area (Å²) in [6.07, 6.45) is 4.14. The number of carbonyl (C=O) groups is 1. The molecule has 1 aromatic rings. The Morgan fingerprint density at radius 1 is 1.36 bits per heavy atom. The first kappa shape index (κ1) is 20.1. The predicted molar refractivity (Wildman–Crippen MR) is 105 cm³/mol. The minimum absolute atomic E-state index is 0.258. The van der Waals surface area contributed by atoms with Crippen LogP contribution in [0.2, 0.25) is 0 Å². The molecule has 2 rings (SSSR count). The van der Waals surface area contributed by atoms with Crippen LogP contribution in [0, 0.1) is 0 Å². The molecule has 1 amide bonds. The van der Waals surface area contributed by atoms with E-state index in [1.54, 1.807) is 0 Å². The molecule has 1 heterocycles. The van der Waals surface area contributed by atoms with Gasteiger partial charge in [-0.05, 0) is 51.0 Å². The Morgan fingerprint density at radius 2 is 2.12 bits per heavy atom. The smallest absolute Gasteiger partial charge is 0.407 e. The van der Waals surface area contributed by atoms with Crippen molar-refractivity contribution in [1.29, 1.82) is 0 Å². The molecular formula is C20H32N2O2S. The van der Waals surface area contributed by atoms with Crippen molar-refractivity contribution in [3.63, 3.8) is 0 Å². The van der Waals surface area contributed by atoms with E-state index in [9.17, 15) is 4.79 Å². The molecule has 1 aromatic carbocycles. The van der Waals surface area contributed by atoms with E-state index in [4.69, 9.17) is 4.74 Å². The van der Waals surface area contributed by atoms with Gasteiger partial charge in [-0.25, -0.2) is 4.79 Å². The fourth-order valence-corrected chi connectivity index (χ4v) is 4.14. The number of unbranched alkanes of at least 4 members (excludes halogenated alkanes) is 1. The van der Waals surface area contributed by atoms with Crippen LogP contribution >= 0.6 is 11.8 Å². The molecule has 1 aliphatic rings. The molecule has 0 fully saturated rings. The molecule has 0 saturated carbocycles. The highest BCUT2D eigenvalue weighted by Crippen LogP contribution is 2.36. The fraction of sp³-hybridized carbons (Fsp3) is 0.650. The molecular weight excluding hydrogens is 332 g/mol. The third kappa shape index (κ3) is 6.90. The number of ether oxygens (including phenoxy) is 1. The molecule has 0 aliphatic carbocycles. The Hall–Kier alpha value is -1.20. The van der Waals surface area contributed by atoms with Crippen molar-refractivity contribution in [2.75, 3.05) is 12.3 Å². The molecule has 25 heavy (non-hydrogen) atoms. The second-order valence-corrected chi connectivity index (χ2v) is 8.75. The van der Waals surface area contributed by atoms with E-state index < -0.39 is 5.60 Å². The maximum Gasteiger partial charge on any atom is 0.407 e. The third-order valence-corrected chi connectivity index (χ3v) is 5.32. The fourth-order valence-electron chi connectivity index (χ4n) is 3.02. The van der Waals surface area contributed by atoms with Gasteiger partial charge in [0.05, 0.1) is 0 Å². The Bertz CT molecular complexity index is 557. The van der Waals surface area contributed by atoms with Gasteiger partial charge >= 0.3 is 6.09 Å². The van der Waals surface area contributed by atoms with E-state index in [1.807, 2.05) is 32.5 Å². The van der Waals surface area contributed by atoms with Gasteiger partial charge in [-0.15, -0.1) is 11.8 Å². The SMILES string of the molecule is CCCCC(CNC(=O)OC(C)(C)C)NC1CCSc2ccccc21. The van der Waals surface area contributed by atoms with Gasteiger partial charge in [0.1, 0.15) is 5.60 Å². The summed E-state index contributed by atoms with van der Waals surface area (Å²) in [4.78, 5) is 13.3. The van der Waals surface area contributed by atoms with Crippen LogP contribution in [0.25, 0.3) is 0 Å². The zero-order chi connectivity index (χ0) is 18.3. The molecule has 5 heteroatoms. The van der Waals surface area contributed by atoms with Gasteiger partial charge < -0.3 is 15.4 Å². The van der Waals surface area contributed by atoms with Crippen LogP contribution in [0.4, 0.5) is 4.79 Å². The summed E-state index contributed by atoms with van der Waals surface area (Å²) >= 11 is 1.93. The highest BCUT2D eigenvalue weighted by atomic mass is 32.2. The van der Waals surface area contributed by atoms with Crippen LogP contribution in [-0.2, 0) is 4.74 Å². The monoisotopic (exact) mass is 364 g/mol. The maximum absolute atomic E-state index is 12.0. The molecule has 0 saturated heterocycles. The van der Waals surface area contributed by atoms with E-state index in [0.29, 0.717) is 12.6 Å². The largest absolute Gasteiger partial charge is 0.444 e. The standard InChI is InChI=1S/C20H32N2O2S/c1-5-6-9-15(14-21-19(23)24-20(2,3)4)22-17-12-13-25-18-11-8-7-10-16(17)18/h7-8,10-11,15,17,22H,5-6,9,12-14H2,1-4H3,(H,21,23). The number of benzene rings is 1. The van der Waals surface area contributed by atoms with Gasteiger partial charge in [-0.2, -0.15) is 0 Å². The number of hydrogen-bond donors (Lipinski definition) is 2. The lowest BCUT2D eigenvalue weighted by Gasteiger charge is -2.31. The number of carbonyl (C=O) groups excluding carboxylic acids is 1. The number of thioether (sulfide) groups is 1. The molecule has 140 valence electrons. The van der Waals surface area contributed by atoms with Gasteiger partial charge in [-0.1, -0.05) is 38.0 Å². The first-order valence-corrected chi connectivity index (χ1v) is 10.3. The van der Waals surface area contributed by atoms with Crippen molar-refractivity contribution in [2.24, 2.45) is 0 Å². The quantitative estimate of drug-likeness (QED) is 0.723. The molecule has 2 N–H and O–H groups in total. The van der Waals surface area contributed by atoms with Crippen molar-refractivity contribution in [2.45, 2.75) is 76.0 Å². The van der Waals surface area contributed by atoms with Crippen molar-refractivity contribution >= 4 is 17.9 Å². The summed E-state index contributed by atoms with van der Waals surface area (Å²) in [6, 6.07) is 9.26. The van der Waals surface area contributed by atoms with E-state index in [0.717, 1.165) is 31.4 Å². The van der Waals surface area contributed by atoms with Gasteiger partial charge in [0.25, 0.3) is 0 Å². The molecule has 2 atom stereocenters. The molecule has 2 unspecified atom stereocenters. The predicted octanol–water partition coefficient (Wildman–Crippen LogP) is 4.90. The van der Waals surface area contributed by atoms with Gasteiger partial charge in [-0.3, -0.25) is 0 Å². The van der Waals surface area contributed by atoms with Crippen LogP contribution in [0.5, 0.6) is 0 Å². The normalized spacial score (nSPS) is 18.3. The Balaban J connectivity index is 1.95. The van der Waals surface area contributed by atoms with E-state index in [-0.39, 0.29) is 12.1 Å². The first-order valence-electron chi connectivity index (χ1n) is 9.33. The number of hydrogen-bond acceptors (Lipinski definition) is 4. The van der Waals surface area contributed by atoms with Crippen molar-refractivity contribution < 1.29 is 9.53 Å². The molecule has 4 nitrogen and oxygen atoms in total. The van der Waals surface area contributed by atoms with E-state index >= 15 is 0 Å². The molecule has 0 radical (unpaired) electrons.